The summed E-state index contributed by atoms with van der Waals surface area (Å²) in [5.74, 6) is 1.14. The molecule has 0 saturated heterocycles. The van der Waals surface area contributed by atoms with Gasteiger partial charge in [-0.25, -0.2) is 4.98 Å². The number of hydrogen-bond donors (Lipinski definition) is 1. The molecule has 1 heterocycles. The monoisotopic (exact) mass is 298 g/mol. The van der Waals surface area contributed by atoms with Gasteiger partial charge in [-0.3, -0.25) is 0 Å². The van der Waals surface area contributed by atoms with Gasteiger partial charge >= 0.3 is 0 Å². The molecule has 0 spiro atoms. The lowest BCUT2D eigenvalue weighted by Crippen LogP contribution is -1.98. The van der Waals surface area contributed by atoms with Gasteiger partial charge in [-0.15, -0.1) is 0 Å². The molecule has 0 amide bonds. The molecule has 2 aromatic carbocycles. The Labute approximate surface area is 127 Å². The first-order valence-electron chi connectivity index (χ1n) is 7.11. The van der Waals surface area contributed by atoms with Gasteiger partial charge in [-0.2, -0.15) is 0 Å². The topological polar surface area (TPSA) is 38.0 Å². The maximum Gasteiger partial charge on any atom is 0.145 e. The summed E-state index contributed by atoms with van der Waals surface area (Å²) in [5, 5.41) is 11.1. The van der Waals surface area contributed by atoms with Crippen LogP contribution in [0.2, 0.25) is 5.02 Å². The zero-order valence-electron chi connectivity index (χ0n) is 11.7. The van der Waals surface area contributed by atoms with E-state index in [9.17, 15) is 5.11 Å². The van der Waals surface area contributed by atoms with Crippen LogP contribution in [0, 0.1) is 6.92 Å². The minimum Gasteiger partial charge on any atom is -0.507 e. The van der Waals surface area contributed by atoms with Crippen LogP contribution in [0.1, 0.15) is 24.4 Å². The lowest BCUT2D eigenvalue weighted by atomic mass is 10.1. The van der Waals surface area contributed by atoms with Crippen molar-refractivity contribution in [3.05, 3.63) is 47.0 Å². The zero-order chi connectivity index (χ0) is 14.6. The fraction of sp³-hybridized carbons (Fsp3) is 0.235. The molecule has 3 nitrogen and oxygen atoms in total. The summed E-state index contributed by atoms with van der Waals surface area (Å²) < 4.78 is 2.24. The molecule has 1 aromatic heterocycles. The van der Waals surface area contributed by atoms with Crippen molar-refractivity contribution >= 4 is 22.6 Å². The Balaban J connectivity index is 2.03. The fourth-order valence-corrected chi connectivity index (χ4v) is 2.97. The fourth-order valence-electron chi connectivity index (χ4n) is 2.80. The molecule has 1 fully saturated rings. The number of nitrogens with zero attached hydrogens (tertiary/aromatic N) is 2. The van der Waals surface area contributed by atoms with Gasteiger partial charge in [0.15, 0.2) is 0 Å². The molecule has 1 aliphatic carbocycles. The van der Waals surface area contributed by atoms with E-state index in [0.29, 0.717) is 16.8 Å². The second-order valence-corrected chi connectivity index (χ2v) is 6.08. The first-order chi connectivity index (χ1) is 10.1. The first-order valence-corrected chi connectivity index (χ1v) is 7.49. The third-order valence-electron chi connectivity index (χ3n) is 4.04. The van der Waals surface area contributed by atoms with Crippen LogP contribution in [0.15, 0.2) is 36.4 Å². The van der Waals surface area contributed by atoms with Gasteiger partial charge in [-0.1, -0.05) is 23.7 Å². The van der Waals surface area contributed by atoms with Gasteiger partial charge in [0.25, 0.3) is 0 Å². The summed E-state index contributed by atoms with van der Waals surface area (Å²) in [7, 11) is 0. The van der Waals surface area contributed by atoms with E-state index in [0.717, 1.165) is 40.8 Å². The number of fused-ring (bicyclic) bond motifs is 1. The molecule has 0 aliphatic heterocycles. The van der Waals surface area contributed by atoms with Gasteiger partial charge in [0, 0.05) is 11.1 Å². The number of phenolic OH excluding ortho intramolecular Hbond substituents is 1. The summed E-state index contributed by atoms with van der Waals surface area (Å²) in [5.41, 5.74) is 3.61. The molecule has 0 radical (unpaired) electrons. The number of hydrogen-bond acceptors (Lipinski definition) is 2. The highest BCUT2D eigenvalue weighted by Gasteiger charge is 2.29. The maximum absolute atomic E-state index is 10.4. The average Bonchev–Trinajstić information content (AvgIpc) is 3.23. The second kappa shape index (κ2) is 4.50. The van der Waals surface area contributed by atoms with Crippen molar-refractivity contribution in [1.82, 2.24) is 9.55 Å². The van der Waals surface area contributed by atoms with Crippen LogP contribution >= 0.6 is 11.6 Å². The number of benzene rings is 2. The van der Waals surface area contributed by atoms with Crippen molar-refractivity contribution in [2.24, 2.45) is 0 Å². The third-order valence-corrected chi connectivity index (χ3v) is 4.28. The molecule has 1 N–H and O–H groups in total. The summed E-state index contributed by atoms with van der Waals surface area (Å²) in [4.78, 5) is 4.73. The molecule has 21 heavy (non-hydrogen) atoms. The van der Waals surface area contributed by atoms with E-state index in [2.05, 4.69) is 4.57 Å². The number of aromatic nitrogens is 2. The van der Waals surface area contributed by atoms with E-state index < -0.39 is 0 Å². The lowest BCUT2D eigenvalue weighted by Gasteiger charge is -2.10. The molecule has 0 atom stereocenters. The van der Waals surface area contributed by atoms with E-state index in [4.69, 9.17) is 16.6 Å². The number of aromatic hydroxyl groups is 1. The van der Waals surface area contributed by atoms with Crippen molar-refractivity contribution in [2.45, 2.75) is 25.8 Å². The normalized spacial score (nSPS) is 14.8. The molecule has 0 bridgehead atoms. The largest absolute Gasteiger partial charge is 0.507 e. The van der Waals surface area contributed by atoms with Crippen LogP contribution in [0.5, 0.6) is 5.75 Å². The molecule has 1 saturated carbocycles. The van der Waals surface area contributed by atoms with Crippen LogP contribution in [0.25, 0.3) is 22.4 Å². The highest BCUT2D eigenvalue weighted by Crippen LogP contribution is 2.43. The van der Waals surface area contributed by atoms with Crippen LogP contribution in [-0.2, 0) is 0 Å². The molecule has 0 unspecified atom stereocenters. The molecular formula is C17H15ClN2O. The quantitative estimate of drug-likeness (QED) is 0.744. The van der Waals surface area contributed by atoms with Crippen LogP contribution in [-0.4, -0.2) is 14.7 Å². The summed E-state index contributed by atoms with van der Waals surface area (Å²) in [6.45, 7) is 1.90. The number of halogens is 1. The molecule has 1 aliphatic rings. The molecule has 4 heteroatoms. The standard InChI is InChI=1S/C17H15ClN2O/c1-10-3-2-4-13(16(10)21)17-19-14-9-11(18)5-8-15(14)20(17)12-6-7-12/h2-5,8-9,12,21H,6-7H2,1H3. The Morgan fingerprint density at radius 3 is 2.81 bits per heavy atom. The Kier molecular flexibility index (Phi) is 2.73. The summed E-state index contributed by atoms with van der Waals surface area (Å²) in [6, 6.07) is 12.0. The Morgan fingerprint density at radius 2 is 2.05 bits per heavy atom. The Bertz CT molecular complexity index is 849. The summed E-state index contributed by atoms with van der Waals surface area (Å²) in [6.07, 6.45) is 2.32. The number of aryl methyl sites for hydroxylation is 1. The van der Waals surface area contributed by atoms with Gasteiger partial charge in [0.2, 0.25) is 0 Å². The smallest absolute Gasteiger partial charge is 0.145 e. The molecule has 106 valence electrons. The second-order valence-electron chi connectivity index (χ2n) is 5.64. The van der Waals surface area contributed by atoms with Crippen LogP contribution in [0.3, 0.4) is 0 Å². The number of para-hydroxylation sites is 1. The van der Waals surface area contributed by atoms with Gasteiger partial charge in [-0.05, 0) is 49.6 Å². The van der Waals surface area contributed by atoms with Gasteiger partial charge in [0.05, 0.1) is 16.6 Å². The van der Waals surface area contributed by atoms with Gasteiger partial charge in [0.1, 0.15) is 11.6 Å². The Hall–Kier alpha value is -2.00. The van der Waals surface area contributed by atoms with E-state index >= 15 is 0 Å². The highest BCUT2D eigenvalue weighted by atomic mass is 35.5. The average molecular weight is 299 g/mol. The van der Waals surface area contributed by atoms with Crippen molar-refractivity contribution in [3.63, 3.8) is 0 Å². The third kappa shape index (κ3) is 2.00. The molecule has 4 rings (SSSR count). The summed E-state index contributed by atoms with van der Waals surface area (Å²) >= 11 is 6.08. The van der Waals surface area contributed by atoms with Crippen molar-refractivity contribution in [3.8, 4) is 17.1 Å². The highest BCUT2D eigenvalue weighted by molar-refractivity contribution is 6.31. The van der Waals surface area contributed by atoms with Crippen molar-refractivity contribution in [1.29, 1.82) is 0 Å². The number of imidazole rings is 1. The molecule has 3 aromatic rings. The van der Waals surface area contributed by atoms with Crippen molar-refractivity contribution in [2.75, 3.05) is 0 Å². The lowest BCUT2D eigenvalue weighted by molar-refractivity contribution is 0.472. The van der Waals surface area contributed by atoms with Crippen LogP contribution in [0.4, 0.5) is 0 Å². The minimum atomic E-state index is 0.306. The van der Waals surface area contributed by atoms with Crippen molar-refractivity contribution < 1.29 is 5.11 Å². The predicted octanol–water partition coefficient (Wildman–Crippen LogP) is 4.71. The van der Waals surface area contributed by atoms with E-state index in [1.54, 1.807) is 0 Å². The molecular weight excluding hydrogens is 284 g/mol. The number of phenols is 1. The maximum atomic E-state index is 10.4. The minimum absolute atomic E-state index is 0.306. The van der Waals surface area contributed by atoms with E-state index in [-0.39, 0.29) is 0 Å². The SMILES string of the molecule is Cc1cccc(-c2nc3cc(Cl)ccc3n2C2CC2)c1O. The van der Waals surface area contributed by atoms with Gasteiger partial charge < -0.3 is 9.67 Å². The van der Waals surface area contributed by atoms with E-state index in [1.165, 1.54) is 0 Å². The predicted molar refractivity (Wildman–Crippen MR) is 84.9 cm³/mol. The van der Waals surface area contributed by atoms with Crippen LogP contribution < -0.4 is 0 Å². The Morgan fingerprint density at radius 1 is 1.24 bits per heavy atom. The first kappa shape index (κ1) is 12.7. The van der Waals surface area contributed by atoms with E-state index in [1.807, 2.05) is 43.3 Å². The zero-order valence-corrected chi connectivity index (χ0v) is 12.4. The number of rotatable bonds is 2.